The second-order valence-electron chi connectivity index (χ2n) is 2.92. The van der Waals surface area contributed by atoms with Gasteiger partial charge >= 0.3 is 0 Å². The van der Waals surface area contributed by atoms with Crippen molar-refractivity contribution in [1.29, 1.82) is 5.41 Å². The maximum atomic E-state index is 7.32. The predicted molar refractivity (Wildman–Crippen MR) is 62.4 cm³/mol. The molecular weight excluding hydrogens is 196 g/mol. The maximum absolute atomic E-state index is 7.32. The van der Waals surface area contributed by atoms with Gasteiger partial charge in [-0.25, -0.2) is 0 Å². The molecule has 0 fully saturated rings. The Hall–Kier alpha value is -1.36. The van der Waals surface area contributed by atoms with Gasteiger partial charge in [-0.2, -0.15) is 11.3 Å². The second kappa shape index (κ2) is 4.76. The van der Waals surface area contributed by atoms with Gasteiger partial charge in [0.05, 0.1) is 11.6 Å². The number of anilines is 1. The minimum atomic E-state index is -0.167. The van der Waals surface area contributed by atoms with Crippen LogP contribution in [0.5, 0.6) is 0 Å². The number of hydrogen-bond donors (Lipinski definition) is 3. The van der Waals surface area contributed by atoms with Gasteiger partial charge in [-0.1, -0.05) is 0 Å². The molecule has 0 aromatic carbocycles. The van der Waals surface area contributed by atoms with Crippen LogP contribution in [-0.2, 0) is 0 Å². The molecular formula is C9H14N4S. The monoisotopic (exact) mass is 210 g/mol. The van der Waals surface area contributed by atoms with Gasteiger partial charge in [0.2, 0.25) is 0 Å². The number of aliphatic imine (C=N–C) groups is 1. The summed E-state index contributed by atoms with van der Waals surface area (Å²) in [7, 11) is 1.69. The molecule has 0 amide bonds. The van der Waals surface area contributed by atoms with E-state index in [1.54, 1.807) is 18.4 Å². The van der Waals surface area contributed by atoms with E-state index in [0.717, 1.165) is 11.5 Å². The number of rotatable bonds is 3. The first-order valence-electron chi connectivity index (χ1n) is 4.25. The van der Waals surface area contributed by atoms with Crippen LogP contribution >= 0.6 is 11.3 Å². The minimum absolute atomic E-state index is 0.119. The topological polar surface area (TPSA) is 74.3 Å². The predicted octanol–water partition coefficient (Wildman–Crippen LogP) is 1.76. The molecule has 1 unspecified atom stereocenters. The van der Waals surface area contributed by atoms with Crippen LogP contribution in [0.15, 0.2) is 21.8 Å². The van der Waals surface area contributed by atoms with Gasteiger partial charge in [-0.3, -0.25) is 10.4 Å². The summed E-state index contributed by atoms with van der Waals surface area (Å²) in [5, 5.41) is 14.4. The van der Waals surface area contributed by atoms with Gasteiger partial charge in [0.1, 0.15) is 11.7 Å². The summed E-state index contributed by atoms with van der Waals surface area (Å²) in [5.74, 6) is 0.670. The van der Waals surface area contributed by atoms with E-state index in [4.69, 9.17) is 11.1 Å². The Kier molecular flexibility index (Phi) is 3.64. The van der Waals surface area contributed by atoms with Crippen LogP contribution in [0.25, 0.3) is 0 Å². The Balaban J connectivity index is 2.70. The third-order valence-corrected chi connectivity index (χ3v) is 2.59. The number of nitrogens with two attached hydrogens (primary N) is 1. The molecule has 14 heavy (non-hydrogen) atoms. The molecule has 1 heterocycles. The standard InChI is InChI=1S/C9H14N4S/c1-6(8(10)11)9(12-2)13-7-3-4-14-5-7/h3-6H,1-2H3,(H3,10,11)(H,12,13). The highest BCUT2D eigenvalue weighted by molar-refractivity contribution is 7.08. The van der Waals surface area contributed by atoms with E-state index in [1.807, 2.05) is 23.8 Å². The molecule has 4 N–H and O–H groups in total. The Bertz CT molecular complexity index is 329. The SMILES string of the molecule is CN=C(Nc1ccsc1)C(C)C(=N)N. The summed E-state index contributed by atoms with van der Waals surface area (Å²) in [6, 6.07) is 1.96. The zero-order valence-electron chi connectivity index (χ0n) is 8.24. The summed E-state index contributed by atoms with van der Waals surface area (Å²) in [6.07, 6.45) is 0. The Morgan fingerprint density at radius 3 is 2.86 bits per heavy atom. The smallest absolute Gasteiger partial charge is 0.111 e. The normalized spacial score (nSPS) is 13.7. The van der Waals surface area contributed by atoms with Crippen molar-refractivity contribution >= 4 is 28.7 Å². The van der Waals surface area contributed by atoms with Crippen LogP contribution in [0.3, 0.4) is 0 Å². The van der Waals surface area contributed by atoms with Crippen LogP contribution < -0.4 is 11.1 Å². The fraction of sp³-hybridized carbons (Fsp3) is 0.333. The lowest BCUT2D eigenvalue weighted by molar-refractivity contribution is 1.01. The highest BCUT2D eigenvalue weighted by Gasteiger charge is 2.12. The van der Waals surface area contributed by atoms with Crippen LogP contribution in [0.1, 0.15) is 6.92 Å². The molecule has 1 rings (SSSR count). The summed E-state index contributed by atoms with van der Waals surface area (Å²) in [4.78, 5) is 4.07. The zero-order valence-corrected chi connectivity index (χ0v) is 9.06. The number of thiophene rings is 1. The molecule has 1 aromatic heterocycles. The second-order valence-corrected chi connectivity index (χ2v) is 3.70. The van der Waals surface area contributed by atoms with Crippen molar-refractivity contribution in [2.24, 2.45) is 16.6 Å². The third kappa shape index (κ3) is 2.56. The summed E-state index contributed by atoms with van der Waals surface area (Å²) in [6.45, 7) is 1.85. The fourth-order valence-electron chi connectivity index (χ4n) is 0.989. The van der Waals surface area contributed by atoms with E-state index >= 15 is 0 Å². The van der Waals surface area contributed by atoms with Crippen molar-refractivity contribution in [2.45, 2.75) is 6.92 Å². The molecule has 0 radical (unpaired) electrons. The number of nitrogens with one attached hydrogen (secondary N) is 2. The molecule has 0 bridgehead atoms. The molecule has 4 nitrogen and oxygen atoms in total. The first-order valence-corrected chi connectivity index (χ1v) is 5.19. The zero-order chi connectivity index (χ0) is 10.6. The van der Waals surface area contributed by atoms with E-state index in [-0.39, 0.29) is 11.8 Å². The van der Waals surface area contributed by atoms with E-state index in [9.17, 15) is 0 Å². The molecule has 0 aliphatic rings. The summed E-state index contributed by atoms with van der Waals surface area (Å²) < 4.78 is 0. The number of nitrogens with zero attached hydrogens (tertiary/aromatic N) is 1. The van der Waals surface area contributed by atoms with Crippen molar-refractivity contribution in [3.63, 3.8) is 0 Å². The van der Waals surface area contributed by atoms with Crippen molar-refractivity contribution < 1.29 is 0 Å². The highest BCUT2D eigenvalue weighted by Crippen LogP contribution is 2.13. The Morgan fingerprint density at radius 1 is 1.71 bits per heavy atom. The van der Waals surface area contributed by atoms with Crippen molar-refractivity contribution in [1.82, 2.24) is 0 Å². The fourth-order valence-corrected chi connectivity index (χ4v) is 1.58. The number of hydrogen-bond acceptors (Lipinski definition) is 3. The van der Waals surface area contributed by atoms with E-state index in [0.29, 0.717) is 0 Å². The van der Waals surface area contributed by atoms with Gasteiger partial charge < -0.3 is 11.1 Å². The highest BCUT2D eigenvalue weighted by atomic mass is 32.1. The van der Waals surface area contributed by atoms with Crippen LogP contribution in [0.2, 0.25) is 0 Å². The van der Waals surface area contributed by atoms with Gasteiger partial charge in [-0.05, 0) is 18.4 Å². The van der Waals surface area contributed by atoms with Gasteiger partial charge in [0.15, 0.2) is 0 Å². The first kappa shape index (κ1) is 10.7. The van der Waals surface area contributed by atoms with E-state index in [2.05, 4.69) is 10.3 Å². The van der Waals surface area contributed by atoms with Crippen LogP contribution in [-0.4, -0.2) is 18.7 Å². The molecule has 1 atom stereocenters. The van der Waals surface area contributed by atoms with Gasteiger partial charge in [-0.15, -0.1) is 0 Å². The average molecular weight is 210 g/mol. The first-order chi connectivity index (χ1) is 6.65. The van der Waals surface area contributed by atoms with Crippen LogP contribution in [0, 0.1) is 11.3 Å². The van der Waals surface area contributed by atoms with Crippen molar-refractivity contribution in [3.8, 4) is 0 Å². The number of amidine groups is 2. The molecule has 76 valence electrons. The summed E-state index contributed by atoms with van der Waals surface area (Å²) in [5.41, 5.74) is 6.40. The lowest BCUT2D eigenvalue weighted by Crippen LogP contribution is -2.31. The molecule has 0 aliphatic heterocycles. The van der Waals surface area contributed by atoms with Crippen molar-refractivity contribution in [2.75, 3.05) is 12.4 Å². The third-order valence-electron chi connectivity index (χ3n) is 1.91. The lowest BCUT2D eigenvalue weighted by Gasteiger charge is -2.13. The van der Waals surface area contributed by atoms with Crippen molar-refractivity contribution in [3.05, 3.63) is 16.8 Å². The Morgan fingerprint density at radius 2 is 2.43 bits per heavy atom. The lowest BCUT2D eigenvalue weighted by atomic mass is 10.1. The van der Waals surface area contributed by atoms with Crippen LogP contribution in [0.4, 0.5) is 5.69 Å². The van der Waals surface area contributed by atoms with Gasteiger partial charge in [0.25, 0.3) is 0 Å². The van der Waals surface area contributed by atoms with E-state index < -0.39 is 0 Å². The average Bonchev–Trinajstić information content (AvgIpc) is 2.65. The summed E-state index contributed by atoms with van der Waals surface area (Å²) >= 11 is 1.61. The quantitative estimate of drug-likeness (QED) is 0.525. The van der Waals surface area contributed by atoms with E-state index in [1.165, 1.54) is 0 Å². The minimum Gasteiger partial charge on any atom is -0.387 e. The Labute approximate surface area is 87.4 Å². The van der Waals surface area contributed by atoms with Gasteiger partial charge in [0, 0.05) is 12.4 Å². The molecule has 0 spiro atoms. The molecule has 0 saturated heterocycles. The molecule has 0 aliphatic carbocycles. The largest absolute Gasteiger partial charge is 0.387 e. The molecule has 0 saturated carbocycles. The maximum Gasteiger partial charge on any atom is 0.111 e. The molecule has 5 heteroatoms. The molecule has 1 aromatic rings.